The third-order valence-electron chi connectivity index (χ3n) is 3.97. The number of benzene rings is 1. The molecule has 0 spiro atoms. The average molecular weight is 325 g/mol. The molecule has 1 aromatic heterocycles. The zero-order chi connectivity index (χ0) is 17.5. The van der Waals surface area contributed by atoms with Crippen molar-refractivity contribution >= 4 is 11.5 Å². The summed E-state index contributed by atoms with van der Waals surface area (Å²) in [4.78, 5) is 24.4. The number of hydrogen-bond acceptors (Lipinski definition) is 4. The topological polar surface area (TPSA) is 57.5 Å². The maximum Gasteiger partial charge on any atom is 0.337 e. The Bertz CT molecular complexity index is 906. The van der Waals surface area contributed by atoms with Crippen LogP contribution in [0.3, 0.4) is 0 Å². The summed E-state index contributed by atoms with van der Waals surface area (Å²) in [5.41, 5.74) is 1.79. The van der Waals surface area contributed by atoms with Crippen molar-refractivity contribution in [2.24, 2.45) is 7.05 Å². The van der Waals surface area contributed by atoms with Crippen LogP contribution < -0.4 is 10.3 Å². The number of methoxy groups -OCH3 is 1. The molecule has 0 radical (unpaired) electrons. The molecule has 5 nitrogen and oxygen atoms in total. The first-order valence-corrected chi connectivity index (χ1v) is 7.63. The summed E-state index contributed by atoms with van der Waals surface area (Å²) < 4.78 is 12.3. The van der Waals surface area contributed by atoms with Crippen molar-refractivity contribution in [3.05, 3.63) is 69.6 Å². The second-order valence-electron chi connectivity index (χ2n) is 6.30. The molecule has 1 aromatic carbocycles. The largest absolute Gasteiger partial charge is 0.483 e. The van der Waals surface area contributed by atoms with Gasteiger partial charge in [0, 0.05) is 24.4 Å². The van der Waals surface area contributed by atoms with Gasteiger partial charge in [-0.05, 0) is 55.8 Å². The SMILES string of the molecule is COC(=O)c1ccc2c(c1)C(c1cccn(C)c1=O)=CC(C)(C)O2. The van der Waals surface area contributed by atoms with Crippen LogP contribution in [0, 0.1) is 0 Å². The van der Waals surface area contributed by atoms with Gasteiger partial charge in [0.25, 0.3) is 5.56 Å². The van der Waals surface area contributed by atoms with Gasteiger partial charge < -0.3 is 14.0 Å². The lowest BCUT2D eigenvalue weighted by Crippen LogP contribution is -2.31. The summed E-state index contributed by atoms with van der Waals surface area (Å²) in [5, 5.41) is 0. The van der Waals surface area contributed by atoms with Crippen molar-refractivity contribution < 1.29 is 14.3 Å². The first-order valence-electron chi connectivity index (χ1n) is 7.63. The van der Waals surface area contributed by atoms with Gasteiger partial charge >= 0.3 is 5.97 Å². The van der Waals surface area contributed by atoms with E-state index >= 15 is 0 Å². The predicted octanol–water partition coefficient (Wildman–Crippen LogP) is 2.77. The van der Waals surface area contributed by atoms with Crippen molar-refractivity contribution in [1.82, 2.24) is 4.57 Å². The maximum absolute atomic E-state index is 12.6. The summed E-state index contributed by atoms with van der Waals surface area (Å²) in [6.07, 6.45) is 3.62. The zero-order valence-corrected chi connectivity index (χ0v) is 14.1. The summed E-state index contributed by atoms with van der Waals surface area (Å²) in [5.74, 6) is 0.207. The molecule has 2 heterocycles. The van der Waals surface area contributed by atoms with E-state index in [0.717, 1.165) is 5.57 Å². The first-order chi connectivity index (χ1) is 11.3. The Morgan fingerprint density at radius 1 is 1.21 bits per heavy atom. The summed E-state index contributed by atoms with van der Waals surface area (Å²) in [6.45, 7) is 3.86. The third kappa shape index (κ3) is 2.73. The minimum absolute atomic E-state index is 0.101. The summed E-state index contributed by atoms with van der Waals surface area (Å²) in [7, 11) is 3.05. The van der Waals surface area contributed by atoms with Crippen molar-refractivity contribution in [3.8, 4) is 5.75 Å². The highest BCUT2D eigenvalue weighted by molar-refractivity contribution is 5.93. The van der Waals surface area contributed by atoms with E-state index < -0.39 is 11.6 Å². The monoisotopic (exact) mass is 325 g/mol. The highest BCUT2D eigenvalue weighted by atomic mass is 16.5. The molecule has 0 unspecified atom stereocenters. The second kappa shape index (κ2) is 5.67. The first kappa shape index (κ1) is 16.1. The number of hydrogen-bond donors (Lipinski definition) is 0. The number of aromatic nitrogens is 1. The molecule has 0 amide bonds. The lowest BCUT2D eigenvalue weighted by Gasteiger charge is -2.31. The van der Waals surface area contributed by atoms with Gasteiger partial charge in [0.05, 0.1) is 12.7 Å². The number of fused-ring (bicyclic) bond motifs is 1. The number of pyridine rings is 1. The normalized spacial score (nSPS) is 15.1. The van der Waals surface area contributed by atoms with E-state index in [0.29, 0.717) is 22.4 Å². The van der Waals surface area contributed by atoms with E-state index in [4.69, 9.17) is 9.47 Å². The number of nitrogens with zero attached hydrogens (tertiary/aromatic N) is 1. The van der Waals surface area contributed by atoms with Gasteiger partial charge in [-0.25, -0.2) is 4.79 Å². The minimum Gasteiger partial charge on any atom is -0.483 e. The molecule has 2 aromatic rings. The molecular formula is C19H19NO4. The van der Waals surface area contributed by atoms with E-state index in [2.05, 4.69) is 0 Å². The van der Waals surface area contributed by atoms with Crippen molar-refractivity contribution in [2.45, 2.75) is 19.4 Å². The van der Waals surface area contributed by atoms with Crippen LogP contribution in [-0.2, 0) is 11.8 Å². The maximum atomic E-state index is 12.6. The number of rotatable bonds is 2. The number of esters is 1. The van der Waals surface area contributed by atoms with Crippen LogP contribution in [0.1, 0.15) is 35.3 Å². The van der Waals surface area contributed by atoms with Gasteiger partial charge in [-0.15, -0.1) is 0 Å². The molecule has 0 saturated heterocycles. The van der Waals surface area contributed by atoms with Crippen LogP contribution in [0.25, 0.3) is 5.57 Å². The highest BCUT2D eigenvalue weighted by Crippen LogP contribution is 2.39. The van der Waals surface area contributed by atoms with Crippen LogP contribution in [-0.4, -0.2) is 23.2 Å². The number of ether oxygens (including phenoxy) is 2. The predicted molar refractivity (Wildman–Crippen MR) is 91.3 cm³/mol. The van der Waals surface area contributed by atoms with E-state index in [9.17, 15) is 9.59 Å². The fraction of sp³-hybridized carbons (Fsp3) is 0.263. The van der Waals surface area contributed by atoms with Crippen LogP contribution in [0.15, 0.2) is 47.4 Å². The number of carbonyl (C=O) groups is 1. The Labute approximate surface area is 140 Å². The third-order valence-corrected chi connectivity index (χ3v) is 3.97. The molecular weight excluding hydrogens is 306 g/mol. The lowest BCUT2D eigenvalue weighted by atomic mass is 9.89. The smallest absolute Gasteiger partial charge is 0.337 e. The van der Waals surface area contributed by atoms with Crippen LogP contribution >= 0.6 is 0 Å². The van der Waals surface area contributed by atoms with E-state index in [1.807, 2.05) is 26.0 Å². The summed E-state index contributed by atoms with van der Waals surface area (Å²) >= 11 is 0. The Morgan fingerprint density at radius 3 is 2.67 bits per heavy atom. The highest BCUT2D eigenvalue weighted by Gasteiger charge is 2.29. The van der Waals surface area contributed by atoms with E-state index in [-0.39, 0.29) is 5.56 Å². The molecule has 3 rings (SSSR count). The molecule has 5 heteroatoms. The number of carbonyl (C=O) groups excluding carboxylic acids is 1. The Hall–Kier alpha value is -2.82. The Morgan fingerprint density at radius 2 is 1.96 bits per heavy atom. The molecule has 0 fully saturated rings. The Kier molecular flexibility index (Phi) is 3.79. The second-order valence-corrected chi connectivity index (χ2v) is 6.30. The van der Waals surface area contributed by atoms with Gasteiger partial charge in [0.1, 0.15) is 11.4 Å². The molecule has 0 aliphatic carbocycles. The average Bonchev–Trinajstić information content (AvgIpc) is 2.55. The molecule has 1 aliphatic heterocycles. The lowest BCUT2D eigenvalue weighted by molar-refractivity contribution is 0.0600. The zero-order valence-electron chi connectivity index (χ0n) is 14.1. The molecule has 0 bridgehead atoms. The Balaban J connectivity index is 2.25. The van der Waals surface area contributed by atoms with Crippen molar-refractivity contribution in [1.29, 1.82) is 0 Å². The van der Waals surface area contributed by atoms with E-state index in [1.165, 1.54) is 11.7 Å². The van der Waals surface area contributed by atoms with E-state index in [1.54, 1.807) is 37.5 Å². The molecule has 124 valence electrons. The summed E-state index contributed by atoms with van der Waals surface area (Å²) in [6, 6.07) is 8.71. The van der Waals surface area contributed by atoms with Crippen molar-refractivity contribution in [3.63, 3.8) is 0 Å². The van der Waals surface area contributed by atoms with Gasteiger partial charge in [-0.3, -0.25) is 4.79 Å². The standard InChI is InChI=1S/C19H19NO4/c1-19(2)11-15(13-6-5-9-20(3)17(13)21)14-10-12(18(22)23-4)7-8-16(14)24-19/h5-11H,1-4H3. The van der Waals surface area contributed by atoms with Gasteiger partial charge in [-0.2, -0.15) is 0 Å². The minimum atomic E-state index is -0.560. The molecule has 0 N–H and O–H groups in total. The number of aryl methyl sites for hydroxylation is 1. The fourth-order valence-corrected chi connectivity index (χ4v) is 2.84. The molecule has 0 saturated carbocycles. The molecule has 0 atom stereocenters. The molecule has 24 heavy (non-hydrogen) atoms. The van der Waals surface area contributed by atoms with Crippen molar-refractivity contribution in [2.75, 3.05) is 7.11 Å². The van der Waals surface area contributed by atoms with Gasteiger partial charge in [-0.1, -0.05) is 0 Å². The van der Waals surface area contributed by atoms with Gasteiger partial charge in [0.15, 0.2) is 0 Å². The van der Waals surface area contributed by atoms with Crippen LogP contribution in [0.2, 0.25) is 0 Å². The van der Waals surface area contributed by atoms with Crippen LogP contribution in [0.5, 0.6) is 5.75 Å². The quantitative estimate of drug-likeness (QED) is 0.797. The van der Waals surface area contributed by atoms with Gasteiger partial charge in [0.2, 0.25) is 0 Å². The van der Waals surface area contributed by atoms with Crippen LogP contribution in [0.4, 0.5) is 0 Å². The molecule has 1 aliphatic rings. The fourth-order valence-electron chi connectivity index (χ4n) is 2.84.